The number of rotatable bonds is 5. The van der Waals surface area contributed by atoms with E-state index in [4.69, 9.17) is 0 Å². The van der Waals surface area contributed by atoms with Crippen LogP contribution in [0, 0.1) is 6.92 Å². The smallest absolute Gasteiger partial charge is 0.0521 e. The number of nitrogens with zero attached hydrogens (tertiary/aromatic N) is 1. The fourth-order valence-electron chi connectivity index (χ4n) is 1.42. The molecule has 1 unspecified atom stereocenters. The van der Waals surface area contributed by atoms with Crippen molar-refractivity contribution in [1.29, 1.82) is 0 Å². The normalized spacial score (nSPS) is 12.4. The van der Waals surface area contributed by atoms with Crippen LogP contribution in [-0.2, 0) is 0 Å². The quantitative estimate of drug-likeness (QED) is 0.722. The zero-order valence-electron chi connectivity index (χ0n) is 8.96. The highest BCUT2D eigenvalue weighted by Gasteiger charge is 2.08. The highest BCUT2D eigenvalue weighted by molar-refractivity contribution is 5.27. The number of hydrogen-bond acceptors (Lipinski definition) is 2. The number of hydrogen-bond donors (Lipinski definition) is 1. The molecule has 1 atom stereocenters. The van der Waals surface area contributed by atoms with Crippen LogP contribution < -0.4 is 5.32 Å². The van der Waals surface area contributed by atoms with E-state index < -0.39 is 0 Å². The van der Waals surface area contributed by atoms with Crippen LogP contribution >= 0.6 is 0 Å². The van der Waals surface area contributed by atoms with Crippen LogP contribution in [0.1, 0.15) is 30.5 Å². The molecule has 0 fully saturated rings. The first kappa shape index (κ1) is 10.9. The van der Waals surface area contributed by atoms with E-state index in [-0.39, 0.29) is 6.04 Å². The molecule has 0 radical (unpaired) electrons. The third-order valence-electron chi connectivity index (χ3n) is 2.26. The van der Waals surface area contributed by atoms with Crippen LogP contribution in [0.4, 0.5) is 0 Å². The number of aromatic nitrogens is 1. The van der Waals surface area contributed by atoms with Crippen LogP contribution in [-0.4, -0.2) is 11.5 Å². The Morgan fingerprint density at radius 3 is 3.00 bits per heavy atom. The third kappa shape index (κ3) is 2.67. The minimum atomic E-state index is 0.226. The van der Waals surface area contributed by atoms with Crippen LogP contribution in [0.15, 0.2) is 31.1 Å². The predicted molar refractivity (Wildman–Crippen MR) is 60.2 cm³/mol. The van der Waals surface area contributed by atoms with E-state index in [1.807, 2.05) is 24.5 Å². The maximum Gasteiger partial charge on any atom is 0.0521 e. The standard InChI is InChI=1S/C12H18N2/c1-4-7-14-12(5-2)11-9-13-8-6-10(11)3/h5-6,8-9,12,14H,2,4,7H2,1,3H3. The van der Waals surface area contributed by atoms with Gasteiger partial charge in [0.05, 0.1) is 6.04 Å². The molecule has 1 aromatic heterocycles. The average Bonchev–Trinajstić information content (AvgIpc) is 2.21. The summed E-state index contributed by atoms with van der Waals surface area (Å²) in [7, 11) is 0. The highest BCUT2D eigenvalue weighted by Crippen LogP contribution is 2.16. The van der Waals surface area contributed by atoms with Crippen LogP contribution in [0.3, 0.4) is 0 Å². The van der Waals surface area contributed by atoms with Gasteiger partial charge in [-0.15, -0.1) is 6.58 Å². The van der Waals surface area contributed by atoms with E-state index in [1.165, 1.54) is 11.1 Å². The molecule has 1 heterocycles. The van der Waals surface area contributed by atoms with Crippen molar-refractivity contribution in [3.8, 4) is 0 Å². The first-order valence-corrected chi connectivity index (χ1v) is 5.06. The molecule has 0 aliphatic heterocycles. The molecule has 0 aliphatic carbocycles. The lowest BCUT2D eigenvalue weighted by molar-refractivity contribution is 0.609. The molecule has 0 aliphatic rings. The molecule has 2 heteroatoms. The summed E-state index contributed by atoms with van der Waals surface area (Å²) in [5, 5.41) is 3.42. The summed E-state index contributed by atoms with van der Waals surface area (Å²) in [4.78, 5) is 4.13. The second kappa shape index (κ2) is 5.55. The summed E-state index contributed by atoms with van der Waals surface area (Å²) in [5.41, 5.74) is 2.48. The first-order valence-electron chi connectivity index (χ1n) is 5.06. The van der Waals surface area contributed by atoms with Crippen molar-refractivity contribution in [2.24, 2.45) is 0 Å². The fourth-order valence-corrected chi connectivity index (χ4v) is 1.42. The largest absolute Gasteiger partial charge is 0.307 e. The van der Waals surface area contributed by atoms with Crippen LogP contribution in [0.5, 0.6) is 0 Å². The Balaban J connectivity index is 2.78. The van der Waals surface area contributed by atoms with Gasteiger partial charge in [0, 0.05) is 12.4 Å². The maximum absolute atomic E-state index is 4.13. The molecule has 0 spiro atoms. The number of pyridine rings is 1. The Kier molecular flexibility index (Phi) is 4.33. The molecule has 76 valence electrons. The lowest BCUT2D eigenvalue weighted by Crippen LogP contribution is -2.21. The Bertz CT molecular complexity index is 294. The van der Waals surface area contributed by atoms with Crippen molar-refractivity contribution in [2.75, 3.05) is 6.54 Å². The van der Waals surface area contributed by atoms with Crippen molar-refractivity contribution in [2.45, 2.75) is 26.3 Å². The Morgan fingerprint density at radius 1 is 1.64 bits per heavy atom. The minimum absolute atomic E-state index is 0.226. The second-order valence-electron chi connectivity index (χ2n) is 3.40. The van der Waals surface area contributed by atoms with Gasteiger partial charge in [0.25, 0.3) is 0 Å². The molecule has 0 bridgehead atoms. The zero-order chi connectivity index (χ0) is 10.4. The Hall–Kier alpha value is -1.15. The van der Waals surface area contributed by atoms with E-state index in [0.717, 1.165) is 13.0 Å². The average molecular weight is 190 g/mol. The topological polar surface area (TPSA) is 24.9 Å². The van der Waals surface area contributed by atoms with E-state index in [9.17, 15) is 0 Å². The molecule has 14 heavy (non-hydrogen) atoms. The van der Waals surface area contributed by atoms with E-state index in [0.29, 0.717) is 0 Å². The summed E-state index contributed by atoms with van der Waals surface area (Å²) < 4.78 is 0. The second-order valence-corrected chi connectivity index (χ2v) is 3.40. The van der Waals surface area contributed by atoms with Gasteiger partial charge in [-0.05, 0) is 37.1 Å². The summed E-state index contributed by atoms with van der Waals surface area (Å²) in [6, 6.07) is 2.25. The Morgan fingerprint density at radius 2 is 2.43 bits per heavy atom. The molecular formula is C12H18N2. The molecule has 0 saturated carbocycles. The SMILES string of the molecule is C=CC(NCCC)c1cnccc1C. The van der Waals surface area contributed by atoms with Crippen LogP contribution in [0.2, 0.25) is 0 Å². The monoisotopic (exact) mass is 190 g/mol. The molecular weight excluding hydrogens is 172 g/mol. The molecule has 1 N–H and O–H groups in total. The van der Waals surface area contributed by atoms with E-state index in [2.05, 4.69) is 30.7 Å². The van der Waals surface area contributed by atoms with Crippen molar-refractivity contribution in [3.63, 3.8) is 0 Å². The van der Waals surface area contributed by atoms with Crippen molar-refractivity contribution in [3.05, 3.63) is 42.2 Å². The molecule has 0 aromatic carbocycles. The lowest BCUT2D eigenvalue weighted by atomic mass is 10.0. The lowest BCUT2D eigenvalue weighted by Gasteiger charge is -2.16. The van der Waals surface area contributed by atoms with Crippen molar-refractivity contribution >= 4 is 0 Å². The van der Waals surface area contributed by atoms with Gasteiger partial charge in [-0.3, -0.25) is 4.98 Å². The molecule has 1 rings (SSSR count). The minimum Gasteiger partial charge on any atom is -0.307 e. The number of nitrogens with one attached hydrogen (secondary N) is 1. The van der Waals surface area contributed by atoms with E-state index in [1.54, 1.807) is 0 Å². The predicted octanol–water partition coefficient (Wildman–Crippen LogP) is 2.62. The van der Waals surface area contributed by atoms with Gasteiger partial charge in [0.15, 0.2) is 0 Å². The molecule has 2 nitrogen and oxygen atoms in total. The van der Waals surface area contributed by atoms with Crippen LogP contribution in [0.25, 0.3) is 0 Å². The number of aryl methyl sites for hydroxylation is 1. The highest BCUT2D eigenvalue weighted by atomic mass is 14.9. The zero-order valence-corrected chi connectivity index (χ0v) is 8.96. The first-order chi connectivity index (χ1) is 6.79. The summed E-state index contributed by atoms with van der Waals surface area (Å²) in [6.07, 6.45) is 6.78. The maximum atomic E-state index is 4.13. The van der Waals surface area contributed by atoms with Gasteiger partial charge in [0.1, 0.15) is 0 Å². The fraction of sp³-hybridized carbons (Fsp3) is 0.417. The molecule has 1 aromatic rings. The van der Waals surface area contributed by atoms with Crippen molar-refractivity contribution in [1.82, 2.24) is 10.3 Å². The van der Waals surface area contributed by atoms with Crippen molar-refractivity contribution < 1.29 is 0 Å². The van der Waals surface area contributed by atoms with Gasteiger partial charge in [-0.2, -0.15) is 0 Å². The van der Waals surface area contributed by atoms with E-state index >= 15 is 0 Å². The van der Waals surface area contributed by atoms with Gasteiger partial charge >= 0.3 is 0 Å². The summed E-state index contributed by atoms with van der Waals surface area (Å²) >= 11 is 0. The Labute approximate surface area is 86.1 Å². The summed E-state index contributed by atoms with van der Waals surface area (Å²) in [6.45, 7) is 9.10. The van der Waals surface area contributed by atoms with Gasteiger partial charge in [-0.1, -0.05) is 13.0 Å². The van der Waals surface area contributed by atoms with Gasteiger partial charge < -0.3 is 5.32 Å². The summed E-state index contributed by atoms with van der Waals surface area (Å²) in [5.74, 6) is 0. The van der Waals surface area contributed by atoms with Gasteiger partial charge in [0.2, 0.25) is 0 Å². The third-order valence-corrected chi connectivity index (χ3v) is 2.26. The van der Waals surface area contributed by atoms with Gasteiger partial charge in [-0.25, -0.2) is 0 Å². The molecule has 0 amide bonds. The molecule has 0 saturated heterocycles.